The predicted octanol–water partition coefficient (Wildman–Crippen LogP) is -0.0300. The molecule has 0 amide bonds. The van der Waals surface area contributed by atoms with E-state index in [0.29, 0.717) is 25.4 Å². The molecule has 22 heavy (non-hydrogen) atoms. The van der Waals surface area contributed by atoms with Crippen LogP contribution in [0.25, 0.3) is 0 Å². The van der Waals surface area contributed by atoms with Gasteiger partial charge in [-0.1, -0.05) is 0 Å². The lowest BCUT2D eigenvalue weighted by molar-refractivity contribution is -0.891. The van der Waals surface area contributed by atoms with Gasteiger partial charge in [0.1, 0.15) is 38.4 Å². The van der Waals surface area contributed by atoms with Gasteiger partial charge in [0, 0.05) is 0 Å². The zero-order valence-electron chi connectivity index (χ0n) is 14.8. The molecule has 130 valence electrons. The van der Waals surface area contributed by atoms with Crippen molar-refractivity contribution < 1.29 is 27.9 Å². The quantitative estimate of drug-likeness (QED) is 0.272. The first-order valence-corrected chi connectivity index (χ1v) is 8.39. The highest BCUT2D eigenvalue weighted by atomic mass is 16.6. The van der Waals surface area contributed by atoms with Gasteiger partial charge in [-0.2, -0.15) is 0 Å². The van der Waals surface area contributed by atoms with Crippen molar-refractivity contribution in [2.24, 2.45) is 0 Å². The molecule has 0 saturated carbocycles. The largest absolute Gasteiger partial charge is 0.373 e. The Hall–Kier alpha value is -0.240. The lowest BCUT2D eigenvalue weighted by Gasteiger charge is -2.29. The SMILES string of the molecule is C[N+](C)(CCOCCOCC[N+](C)(C)CC1CO1)CC1CO1. The van der Waals surface area contributed by atoms with Crippen LogP contribution >= 0.6 is 0 Å². The zero-order valence-corrected chi connectivity index (χ0v) is 14.8. The summed E-state index contributed by atoms with van der Waals surface area (Å²) in [5.74, 6) is 0. The Morgan fingerprint density at radius 1 is 0.727 bits per heavy atom. The summed E-state index contributed by atoms with van der Waals surface area (Å²) in [5, 5.41) is 0. The summed E-state index contributed by atoms with van der Waals surface area (Å²) in [4.78, 5) is 0. The van der Waals surface area contributed by atoms with Gasteiger partial charge >= 0.3 is 0 Å². The minimum absolute atomic E-state index is 0.473. The number of hydrogen-bond acceptors (Lipinski definition) is 4. The molecule has 0 aromatic heterocycles. The molecule has 0 aromatic carbocycles. The monoisotopic (exact) mass is 318 g/mol. The van der Waals surface area contributed by atoms with E-state index in [2.05, 4.69) is 28.2 Å². The number of epoxide rings is 2. The van der Waals surface area contributed by atoms with E-state index >= 15 is 0 Å². The van der Waals surface area contributed by atoms with E-state index in [1.807, 2.05) is 0 Å². The maximum absolute atomic E-state index is 5.67. The number of nitrogens with zero attached hydrogens (tertiary/aromatic N) is 2. The first kappa shape index (κ1) is 18.1. The summed E-state index contributed by atoms with van der Waals surface area (Å²) in [6, 6.07) is 0. The third kappa shape index (κ3) is 8.41. The van der Waals surface area contributed by atoms with Crippen LogP contribution in [0.4, 0.5) is 0 Å². The third-order valence-corrected chi connectivity index (χ3v) is 4.25. The van der Waals surface area contributed by atoms with Gasteiger partial charge in [0.05, 0.1) is 67.8 Å². The Labute approximate surface area is 135 Å². The summed E-state index contributed by atoms with van der Waals surface area (Å²) in [6.07, 6.45) is 0.946. The second-order valence-electron chi connectivity index (χ2n) is 7.82. The van der Waals surface area contributed by atoms with E-state index in [-0.39, 0.29) is 0 Å². The smallest absolute Gasteiger partial charge is 0.130 e. The number of hydrogen-bond donors (Lipinski definition) is 0. The summed E-state index contributed by atoms with van der Waals surface area (Å²) in [5.41, 5.74) is 0. The van der Waals surface area contributed by atoms with Crippen molar-refractivity contribution in [3.05, 3.63) is 0 Å². The molecular formula is C16H34N2O4+2. The Bertz CT molecular complexity index is 296. The van der Waals surface area contributed by atoms with Gasteiger partial charge in [0.25, 0.3) is 0 Å². The van der Waals surface area contributed by atoms with Gasteiger partial charge in [-0.25, -0.2) is 0 Å². The number of likely N-dealkylation sites (N-methyl/N-ethyl adjacent to an activating group) is 2. The third-order valence-electron chi connectivity index (χ3n) is 4.25. The highest BCUT2D eigenvalue weighted by Crippen LogP contribution is 2.14. The van der Waals surface area contributed by atoms with Crippen LogP contribution in [-0.2, 0) is 18.9 Å². The predicted molar refractivity (Wildman–Crippen MR) is 84.8 cm³/mol. The van der Waals surface area contributed by atoms with Gasteiger partial charge in [-0.3, -0.25) is 0 Å². The second kappa shape index (κ2) is 8.04. The maximum atomic E-state index is 5.67. The zero-order chi connectivity index (χ0) is 16.1. The molecule has 2 heterocycles. The minimum Gasteiger partial charge on any atom is -0.373 e. The van der Waals surface area contributed by atoms with E-state index in [9.17, 15) is 0 Å². The normalized spacial score (nSPS) is 24.5. The molecule has 0 radical (unpaired) electrons. The molecule has 6 heteroatoms. The fourth-order valence-electron chi connectivity index (χ4n) is 2.58. The maximum Gasteiger partial charge on any atom is 0.130 e. The molecule has 2 aliphatic rings. The van der Waals surface area contributed by atoms with Gasteiger partial charge in [0.2, 0.25) is 0 Å². The van der Waals surface area contributed by atoms with Crippen molar-refractivity contribution in [1.29, 1.82) is 0 Å². The molecule has 2 aliphatic heterocycles. The average molecular weight is 318 g/mol. The Kier molecular flexibility index (Phi) is 6.61. The molecule has 2 saturated heterocycles. The summed E-state index contributed by atoms with van der Waals surface area (Å²) in [7, 11) is 8.91. The van der Waals surface area contributed by atoms with Crippen LogP contribution in [0, 0.1) is 0 Å². The molecule has 0 spiro atoms. The molecule has 0 aliphatic carbocycles. The molecule has 2 fully saturated rings. The van der Waals surface area contributed by atoms with Crippen LogP contribution < -0.4 is 0 Å². The van der Waals surface area contributed by atoms with E-state index in [0.717, 1.165) is 61.6 Å². The van der Waals surface area contributed by atoms with Crippen molar-refractivity contribution >= 4 is 0 Å². The van der Waals surface area contributed by atoms with E-state index in [1.165, 1.54) is 0 Å². The average Bonchev–Trinajstić information content (AvgIpc) is 3.29. The first-order valence-electron chi connectivity index (χ1n) is 8.39. The fraction of sp³-hybridized carbons (Fsp3) is 1.00. The highest BCUT2D eigenvalue weighted by Gasteiger charge is 2.32. The Balaban J connectivity index is 1.39. The van der Waals surface area contributed by atoms with E-state index < -0.39 is 0 Å². The van der Waals surface area contributed by atoms with Gasteiger partial charge in [0.15, 0.2) is 0 Å². The van der Waals surface area contributed by atoms with Crippen LogP contribution in [0.1, 0.15) is 0 Å². The highest BCUT2D eigenvalue weighted by molar-refractivity contribution is 4.68. The van der Waals surface area contributed by atoms with Crippen molar-refractivity contribution in [2.45, 2.75) is 12.2 Å². The van der Waals surface area contributed by atoms with Crippen LogP contribution in [-0.4, -0.2) is 115 Å². The van der Waals surface area contributed by atoms with Gasteiger partial charge in [-0.05, 0) is 0 Å². The van der Waals surface area contributed by atoms with Gasteiger partial charge < -0.3 is 27.9 Å². The van der Waals surface area contributed by atoms with Crippen LogP contribution in [0.2, 0.25) is 0 Å². The minimum atomic E-state index is 0.473. The molecule has 0 aromatic rings. The molecule has 6 nitrogen and oxygen atoms in total. The lowest BCUT2D eigenvalue weighted by atomic mass is 10.3. The second-order valence-corrected chi connectivity index (χ2v) is 7.82. The van der Waals surface area contributed by atoms with E-state index in [1.54, 1.807) is 0 Å². The van der Waals surface area contributed by atoms with Crippen molar-refractivity contribution in [1.82, 2.24) is 0 Å². The molecule has 2 atom stereocenters. The first-order chi connectivity index (χ1) is 10.4. The Morgan fingerprint density at radius 3 is 1.41 bits per heavy atom. The van der Waals surface area contributed by atoms with Gasteiger partial charge in [-0.15, -0.1) is 0 Å². The summed E-state index contributed by atoms with van der Waals surface area (Å²) >= 11 is 0. The Morgan fingerprint density at radius 2 is 1.09 bits per heavy atom. The standard InChI is InChI=1S/C16H34N2O4/c1-17(2,11-15-13-21-15)5-7-19-9-10-20-8-6-18(3,4)12-16-14-22-16/h15-16H,5-14H2,1-4H3/q+2. The molecule has 2 rings (SSSR count). The lowest BCUT2D eigenvalue weighted by Crippen LogP contribution is -2.45. The van der Waals surface area contributed by atoms with Crippen LogP contribution in [0.15, 0.2) is 0 Å². The number of rotatable bonds is 13. The van der Waals surface area contributed by atoms with Crippen molar-refractivity contribution in [2.75, 3.05) is 94.0 Å². The number of quaternary nitrogens is 2. The van der Waals surface area contributed by atoms with Crippen LogP contribution in [0.3, 0.4) is 0 Å². The summed E-state index contributed by atoms with van der Waals surface area (Å²) in [6.45, 7) is 8.98. The fourth-order valence-corrected chi connectivity index (χ4v) is 2.58. The number of ether oxygens (including phenoxy) is 4. The molecule has 2 unspecified atom stereocenters. The van der Waals surface area contributed by atoms with Crippen molar-refractivity contribution in [3.63, 3.8) is 0 Å². The molecular weight excluding hydrogens is 284 g/mol. The molecule has 0 bridgehead atoms. The summed E-state index contributed by atoms with van der Waals surface area (Å²) < 4.78 is 23.8. The molecule has 0 N–H and O–H groups in total. The van der Waals surface area contributed by atoms with E-state index in [4.69, 9.17) is 18.9 Å². The van der Waals surface area contributed by atoms with Crippen LogP contribution in [0.5, 0.6) is 0 Å². The van der Waals surface area contributed by atoms with Crippen molar-refractivity contribution in [3.8, 4) is 0 Å². The topological polar surface area (TPSA) is 43.5 Å².